The van der Waals surface area contributed by atoms with Gasteiger partial charge in [-0.2, -0.15) is 0 Å². The van der Waals surface area contributed by atoms with Crippen LogP contribution in [-0.4, -0.2) is 29.4 Å². The molecule has 0 unspecified atom stereocenters. The van der Waals surface area contributed by atoms with Gasteiger partial charge in [-0.05, 0) is 19.1 Å². The van der Waals surface area contributed by atoms with Crippen LogP contribution < -0.4 is 0 Å². The first-order valence-electron chi connectivity index (χ1n) is 4.13. The van der Waals surface area contributed by atoms with Gasteiger partial charge in [0, 0.05) is 13.6 Å². The second kappa shape index (κ2) is 4.62. The van der Waals surface area contributed by atoms with Gasteiger partial charge >= 0.3 is 0 Å². The van der Waals surface area contributed by atoms with Gasteiger partial charge in [-0.25, -0.2) is 4.98 Å². The van der Waals surface area contributed by atoms with E-state index in [9.17, 15) is 4.79 Å². The molecule has 0 aliphatic rings. The zero-order valence-electron chi connectivity index (χ0n) is 7.92. The number of hydrogen-bond donors (Lipinski definition) is 0. The van der Waals surface area contributed by atoms with Crippen molar-refractivity contribution in [1.29, 1.82) is 0 Å². The van der Waals surface area contributed by atoms with Crippen LogP contribution in [0.2, 0.25) is 10.3 Å². The topological polar surface area (TPSA) is 33.2 Å². The highest BCUT2D eigenvalue weighted by Gasteiger charge is 2.14. The minimum Gasteiger partial charge on any atom is -0.342 e. The molecule has 0 aliphatic carbocycles. The van der Waals surface area contributed by atoms with E-state index in [-0.39, 0.29) is 16.2 Å². The summed E-state index contributed by atoms with van der Waals surface area (Å²) in [5, 5.41) is 0.425. The van der Waals surface area contributed by atoms with Crippen LogP contribution in [0.3, 0.4) is 0 Å². The fourth-order valence-electron chi connectivity index (χ4n) is 0.921. The van der Waals surface area contributed by atoms with E-state index in [1.54, 1.807) is 24.1 Å². The van der Waals surface area contributed by atoms with Crippen LogP contribution in [0.15, 0.2) is 12.1 Å². The predicted molar refractivity (Wildman–Crippen MR) is 56.9 cm³/mol. The van der Waals surface area contributed by atoms with Gasteiger partial charge in [0.05, 0.1) is 5.56 Å². The molecule has 14 heavy (non-hydrogen) atoms. The van der Waals surface area contributed by atoms with Crippen LogP contribution in [0, 0.1) is 0 Å². The molecular formula is C9H10Cl2N2O. The van der Waals surface area contributed by atoms with Crippen molar-refractivity contribution < 1.29 is 4.79 Å². The number of rotatable bonds is 2. The van der Waals surface area contributed by atoms with Gasteiger partial charge in [0.15, 0.2) is 0 Å². The number of halogens is 2. The summed E-state index contributed by atoms with van der Waals surface area (Å²) >= 11 is 11.4. The molecule has 0 atom stereocenters. The standard InChI is InChI=1S/C9H10Cl2N2O/c1-3-13(2)9(14)6-4-5-7(10)12-8(6)11/h4-5H,3H2,1-2H3. The molecule has 0 aromatic carbocycles. The largest absolute Gasteiger partial charge is 0.342 e. The van der Waals surface area contributed by atoms with Gasteiger partial charge in [-0.3, -0.25) is 4.79 Å². The lowest BCUT2D eigenvalue weighted by atomic mass is 10.2. The van der Waals surface area contributed by atoms with E-state index in [2.05, 4.69) is 4.98 Å². The average Bonchev–Trinajstić information content (AvgIpc) is 2.15. The summed E-state index contributed by atoms with van der Waals surface area (Å²) in [5.41, 5.74) is 0.375. The summed E-state index contributed by atoms with van der Waals surface area (Å²) in [6.45, 7) is 2.51. The third-order valence-corrected chi connectivity index (χ3v) is 2.36. The van der Waals surface area contributed by atoms with Crippen LogP contribution in [0.25, 0.3) is 0 Å². The first kappa shape index (κ1) is 11.3. The Labute approximate surface area is 92.6 Å². The summed E-state index contributed by atoms with van der Waals surface area (Å²) in [4.78, 5) is 17.0. The van der Waals surface area contributed by atoms with Gasteiger partial charge in [0.1, 0.15) is 10.3 Å². The Morgan fingerprint density at radius 2 is 2.14 bits per heavy atom. The number of carbonyl (C=O) groups excluding carboxylic acids is 1. The molecule has 0 aliphatic heterocycles. The molecule has 1 heterocycles. The quantitative estimate of drug-likeness (QED) is 0.735. The molecule has 0 saturated carbocycles. The number of hydrogen-bond acceptors (Lipinski definition) is 2. The van der Waals surface area contributed by atoms with Crippen molar-refractivity contribution in [1.82, 2.24) is 9.88 Å². The van der Waals surface area contributed by atoms with Crippen molar-refractivity contribution in [2.75, 3.05) is 13.6 Å². The van der Waals surface area contributed by atoms with Crippen LogP contribution in [0.4, 0.5) is 0 Å². The Balaban J connectivity index is 3.02. The lowest BCUT2D eigenvalue weighted by Gasteiger charge is -2.14. The zero-order valence-corrected chi connectivity index (χ0v) is 9.43. The molecule has 5 heteroatoms. The summed E-state index contributed by atoms with van der Waals surface area (Å²) < 4.78 is 0. The molecule has 1 aromatic heterocycles. The van der Waals surface area contributed by atoms with Crippen LogP contribution in [0.1, 0.15) is 17.3 Å². The molecule has 0 radical (unpaired) electrons. The molecular weight excluding hydrogens is 223 g/mol. The van der Waals surface area contributed by atoms with Crippen LogP contribution in [-0.2, 0) is 0 Å². The Bertz CT molecular complexity index is 355. The minimum absolute atomic E-state index is 0.141. The van der Waals surface area contributed by atoms with Gasteiger partial charge in [-0.15, -0.1) is 0 Å². The molecule has 1 aromatic rings. The highest BCUT2D eigenvalue weighted by atomic mass is 35.5. The molecule has 0 N–H and O–H groups in total. The number of aromatic nitrogens is 1. The van der Waals surface area contributed by atoms with Crippen molar-refractivity contribution in [3.05, 3.63) is 28.0 Å². The Kier molecular flexibility index (Phi) is 3.72. The molecule has 0 bridgehead atoms. The van der Waals surface area contributed by atoms with E-state index in [1.165, 1.54) is 0 Å². The molecule has 0 spiro atoms. The first-order valence-corrected chi connectivity index (χ1v) is 4.89. The number of nitrogens with zero attached hydrogens (tertiary/aromatic N) is 2. The molecule has 0 fully saturated rings. The number of pyridine rings is 1. The van der Waals surface area contributed by atoms with E-state index in [0.717, 1.165) is 0 Å². The third-order valence-electron chi connectivity index (χ3n) is 1.87. The fourth-order valence-corrected chi connectivity index (χ4v) is 1.35. The second-order valence-corrected chi connectivity index (χ2v) is 3.54. The summed E-state index contributed by atoms with van der Waals surface area (Å²) in [6, 6.07) is 3.12. The SMILES string of the molecule is CCN(C)C(=O)c1ccc(Cl)nc1Cl. The maximum atomic E-state index is 11.7. The van der Waals surface area contributed by atoms with Crippen molar-refractivity contribution in [3.63, 3.8) is 0 Å². The van der Waals surface area contributed by atoms with Gasteiger partial charge < -0.3 is 4.90 Å². The summed E-state index contributed by atoms with van der Waals surface area (Å²) in [6.07, 6.45) is 0. The summed E-state index contributed by atoms with van der Waals surface area (Å²) in [5.74, 6) is -0.151. The van der Waals surface area contributed by atoms with Crippen molar-refractivity contribution >= 4 is 29.1 Å². The van der Waals surface area contributed by atoms with Crippen molar-refractivity contribution in [2.24, 2.45) is 0 Å². The monoisotopic (exact) mass is 232 g/mol. The van der Waals surface area contributed by atoms with E-state index in [1.807, 2.05) is 6.92 Å². The Hall–Kier alpha value is -0.800. The minimum atomic E-state index is -0.151. The maximum Gasteiger partial charge on any atom is 0.256 e. The average molecular weight is 233 g/mol. The lowest BCUT2D eigenvalue weighted by molar-refractivity contribution is 0.0802. The van der Waals surface area contributed by atoms with Crippen LogP contribution in [0.5, 0.6) is 0 Å². The summed E-state index contributed by atoms with van der Waals surface area (Å²) in [7, 11) is 1.70. The Morgan fingerprint density at radius 3 is 2.64 bits per heavy atom. The molecule has 76 valence electrons. The van der Waals surface area contributed by atoms with E-state index < -0.39 is 0 Å². The smallest absolute Gasteiger partial charge is 0.256 e. The first-order chi connectivity index (χ1) is 6.56. The highest BCUT2D eigenvalue weighted by molar-refractivity contribution is 6.34. The normalized spacial score (nSPS) is 10.0. The van der Waals surface area contributed by atoms with E-state index in [4.69, 9.17) is 23.2 Å². The van der Waals surface area contributed by atoms with Crippen LogP contribution >= 0.6 is 23.2 Å². The number of amides is 1. The Morgan fingerprint density at radius 1 is 1.50 bits per heavy atom. The molecule has 1 amide bonds. The predicted octanol–water partition coefficient (Wildman–Crippen LogP) is 2.48. The zero-order chi connectivity index (χ0) is 10.7. The van der Waals surface area contributed by atoms with Crippen molar-refractivity contribution in [2.45, 2.75) is 6.92 Å². The van der Waals surface area contributed by atoms with Crippen molar-refractivity contribution in [3.8, 4) is 0 Å². The number of carbonyl (C=O) groups is 1. The highest BCUT2D eigenvalue weighted by Crippen LogP contribution is 2.17. The lowest BCUT2D eigenvalue weighted by Crippen LogP contribution is -2.26. The molecule has 0 saturated heterocycles. The van der Waals surface area contributed by atoms with Gasteiger partial charge in [-0.1, -0.05) is 23.2 Å². The molecule has 3 nitrogen and oxygen atoms in total. The maximum absolute atomic E-state index is 11.7. The second-order valence-electron chi connectivity index (χ2n) is 2.79. The molecule has 1 rings (SSSR count). The fraction of sp³-hybridized carbons (Fsp3) is 0.333. The van der Waals surface area contributed by atoms with E-state index in [0.29, 0.717) is 12.1 Å². The van der Waals surface area contributed by atoms with E-state index >= 15 is 0 Å². The van der Waals surface area contributed by atoms with Gasteiger partial charge in [0.2, 0.25) is 0 Å². The van der Waals surface area contributed by atoms with Gasteiger partial charge in [0.25, 0.3) is 5.91 Å². The third kappa shape index (κ3) is 2.36.